The molecule has 1 atom stereocenters. The molecule has 2 aliphatic rings. The Morgan fingerprint density at radius 3 is 2.38 bits per heavy atom. The summed E-state index contributed by atoms with van der Waals surface area (Å²) in [5.41, 5.74) is 6.56. The molecule has 1 unspecified atom stereocenters. The van der Waals surface area contributed by atoms with Gasteiger partial charge in [0.15, 0.2) is 0 Å². The van der Waals surface area contributed by atoms with Crippen LogP contribution in [0.25, 0.3) is 0 Å². The van der Waals surface area contributed by atoms with Crippen molar-refractivity contribution in [2.45, 2.75) is 57.0 Å². The van der Waals surface area contributed by atoms with Crippen LogP contribution in [-0.2, 0) is 0 Å². The molecule has 2 saturated heterocycles. The van der Waals surface area contributed by atoms with Gasteiger partial charge in [-0.15, -0.1) is 0 Å². The van der Waals surface area contributed by atoms with Gasteiger partial charge in [0.1, 0.15) is 0 Å². The molecular formula is C17H36N4. The zero-order chi connectivity index (χ0) is 15.3. The van der Waals surface area contributed by atoms with E-state index in [9.17, 15) is 0 Å². The lowest BCUT2D eigenvalue weighted by molar-refractivity contribution is 0.0347. The summed E-state index contributed by atoms with van der Waals surface area (Å²) in [7, 11) is 4.43. The van der Waals surface area contributed by atoms with Gasteiger partial charge in [-0.3, -0.25) is 4.90 Å². The fourth-order valence-corrected chi connectivity index (χ4v) is 4.28. The highest BCUT2D eigenvalue weighted by molar-refractivity contribution is 4.97. The second-order valence-corrected chi connectivity index (χ2v) is 7.31. The summed E-state index contributed by atoms with van der Waals surface area (Å²) in [6.07, 6.45) is 7.72. The lowest BCUT2D eigenvalue weighted by Crippen LogP contribution is -2.58. The molecule has 2 fully saturated rings. The third-order valence-electron chi connectivity index (χ3n) is 5.80. The highest BCUT2D eigenvalue weighted by Gasteiger charge is 2.38. The Morgan fingerprint density at radius 1 is 1.10 bits per heavy atom. The lowest BCUT2D eigenvalue weighted by Gasteiger charge is -2.47. The van der Waals surface area contributed by atoms with Crippen molar-refractivity contribution >= 4 is 0 Å². The molecular weight excluding hydrogens is 260 g/mol. The Hall–Kier alpha value is -0.160. The van der Waals surface area contributed by atoms with Gasteiger partial charge < -0.3 is 15.5 Å². The van der Waals surface area contributed by atoms with E-state index in [0.717, 1.165) is 12.6 Å². The maximum Gasteiger partial charge on any atom is 0.0344 e. The van der Waals surface area contributed by atoms with Crippen molar-refractivity contribution < 1.29 is 0 Å². The average molecular weight is 297 g/mol. The Labute approximate surface area is 131 Å². The Balaban J connectivity index is 1.95. The van der Waals surface area contributed by atoms with Crippen molar-refractivity contribution in [2.75, 3.05) is 53.4 Å². The molecule has 0 bridgehead atoms. The molecule has 0 radical (unpaired) electrons. The zero-order valence-electron chi connectivity index (χ0n) is 14.5. The van der Waals surface area contributed by atoms with Gasteiger partial charge in [-0.1, -0.05) is 6.92 Å². The van der Waals surface area contributed by atoms with Gasteiger partial charge >= 0.3 is 0 Å². The number of piperidine rings is 1. The fraction of sp³-hybridized carbons (Fsp3) is 1.00. The molecule has 0 aliphatic carbocycles. The van der Waals surface area contributed by atoms with Crippen molar-refractivity contribution in [1.82, 2.24) is 14.7 Å². The first-order chi connectivity index (χ1) is 10.1. The highest BCUT2D eigenvalue weighted by Crippen LogP contribution is 2.31. The number of hydrogen-bond acceptors (Lipinski definition) is 4. The average Bonchev–Trinajstić information content (AvgIpc) is 2.71. The van der Waals surface area contributed by atoms with Crippen molar-refractivity contribution in [3.8, 4) is 0 Å². The van der Waals surface area contributed by atoms with Crippen molar-refractivity contribution in [3.05, 3.63) is 0 Å². The lowest BCUT2D eigenvalue weighted by atomic mass is 9.86. The molecule has 0 spiro atoms. The predicted octanol–water partition coefficient (Wildman–Crippen LogP) is 1.61. The molecule has 2 heterocycles. The maximum absolute atomic E-state index is 6.28. The van der Waals surface area contributed by atoms with Crippen LogP contribution < -0.4 is 5.73 Å². The first-order valence-corrected chi connectivity index (χ1v) is 8.95. The first-order valence-electron chi connectivity index (χ1n) is 8.95. The maximum atomic E-state index is 6.28. The second-order valence-electron chi connectivity index (χ2n) is 7.31. The van der Waals surface area contributed by atoms with Crippen molar-refractivity contribution in [3.63, 3.8) is 0 Å². The Kier molecular flexibility index (Phi) is 6.48. The van der Waals surface area contributed by atoms with E-state index >= 15 is 0 Å². The van der Waals surface area contributed by atoms with Gasteiger partial charge in [0.25, 0.3) is 0 Å². The molecule has 0 aromatic heterocycles. The van der Waals surface area contributed by atoms with E-state index in [2.05, 4.69) is 35.7 Å². The summed E-state index contributed by atoms with van der Waals surface area (Å²) in [6.45, 7) is 9.33. The summed E-state index contributed by atoms with van der Waals surface area (Å²) >= 11 is 0. The van der Waals surface area contributed by atoms with Crippen LogP contribution in [0.15, 0.2) is 0 Å². The molecule has 0 aromatic carbocycles. The predicted molar refractivity (Wildman–Crippen MR) is 90.6 cm³/mol. The molecule has 0 aromatic rings. The minimum absolute atomic E-state index is 0.278. The molecule has 2 rings (SSSR count). The molecule has 124 valence electrons. The van der Waals surface area contributed by atoms with Crippen LogP contribution in [0.2, 0.25) is 0 Å². The van der Waals surface area contributed by atoms with Crippen molar-refractivity contribution in [2.24, 2.45) is 5.73 Å². The number of nitrogens with zero attached hydrogens (tertiary/aromatic N) is 3. The number of hydrogen-bond donors (Lipinski definition) is 1. The quantitative estimate of drug-likeness (QED) is 0.836. The van der Waals surface area contributed by atoms with Crippen LogP contribution in [-0.4, -0.2) is 79.6 Å². The summed E-state index contributed by atoms with van der Waals surface area (Å²) in [6, 6.07) is 0.762. The van der Waals surface area contributed by atoms with Gasteiger partial charge in [-0.05, 0) is 72.3 Å². The van der Waals surface area contributed by atoms with Crippen LogP contribution >= 0.6 is 0 Å². The van der Waals surface area contributed by atoms with E-state index in [1.54, 1.807) is 0 Å². The Bertz CT molecular complexity index is 299. The number of rotatable bonds is 5. The Morgan fingerprint density at radius 2 is 1.81 bits per heavy atom. The van der Waals surface area contributed by atoms with Crippen LogP contribution in [0, 0.1) is 0 Å². The van der Waals surface area contributed by atoms with E-state index < -0.39 is 0 Å². The standard InChI is InChI=1S/C17H36N4/c1-4-10-20-11-5-8-17(15-18,9-14-20)21-12-6-16(7-13-21)19(2)3/h16H,4-15,18H2,1-3H3. The number of likely N-dealkylation sites (tertiary alicyclic amines) is 2. The minimum atomic E-state index is 0.278. The van der Waals surface area contributed by atoms with Crippen LogP contribution in [0.3, 0.4) is 0 Å². The summed E-state index contributed by atoms with van der Waals surface area (Å²) in [5.74, 6) is 0. The van der Waals surface area contributed by atoms with Crippen molar-refractivity contribution in [1.29, 1.82) is 0 Å². The van der Waals surface area contributed by atoms with Crippen LogP contribution in [0.4, 0.5) is 0 Å². The van der Waals surface area contributed by atoms with E-state index in [0.29, 0.717) is 0 Å². The van der Waals surface area contributed by atoms with Gasteiger partial charge in [0.2, 0.25) is 0 Å². The van der Waals surface area contributed by atoms with Gasteiger partial charge in [0.05, 0.1) is 0 Å². The third-order valence-corrected chi connectivity index (χ3v) is 5.80. The third kappa shape index (κ3) is 4.19. The summed E-state index contributed by atoms with van der Waals surface area (Å²) in [5, 5.41) is 0. The smallest absolute Gasteiger partial charge is 0.0344 e. The summed E-state index contributed by atoms with van der Waals surface area (Å²) < 4.78 is 0. The monoisotopic (exact) mass is 296 g/mol. The van der Waals surface area contributed by atoms with Gasteiger partial charge in [0, 0.05) is 31.2 Å². The molecule has 0 saturated carbocycles. The van der Waals surface area contributed by atoms with E-state index in [1.807, 2.05) is 0 Å². The molecule has 2 N–H and O–H groups in total. The minimum Gasteiger partial charge on any atom is -0.329 e. The van der Waals surface area contributed by atoms with Gasteiger partial charge in [-0.25, -0.2) is 0 Å². The molecule has 0 amide bonds. The topological polar surface area (TPSA) is 35.7 Å². The van der Waals surface area contributed by atoms with Crippen LogP contribution in [0.5, 0.6) is 0 Å². The SMILES string of the molecule is CCCN1CCCC(CN)(N2CCC(N(C)C)CC2)CC1. The fourth-order valence-electron chi connectivity index (χ4n) is 4.28. The zero-order valence-corrected chi connectivity index (χ0v) is 14.5. The highest BCUT2D eigenvalue weighted by atomic mass is 15.2. The number of nitrogens with two attached hydrogens (primary N) is 1. The second kappa shape index (κ2) is 7.91. The van der Waals surface area contributed by atoms with Crippen LogP contribution in [0.1, 0.15) is 45.4 Å². The molecule has 4 nitrogen and oxygen atoms in total. The largest absolute Gasteiger partial charge is 0.329 e. The first kappa shape index (κ1) is 17.2. The molecule has 4 heteroatoms. The van der Waals surface area contributed by atoms with E-state index in [4.69, 9.17) is 5.73 Å². The molecule has 21 heavy (non-hydrogen) atoms. The van der Waals surface area contributed by atoms with Gasteiger partial charge in [-0.2, -0.15) is 0 Å². The summed E-state index contributed by atoms with van der Waals surface area (Å²) in [4.78, 5) is 7.77. The normalized spacial score (nSPS) is 30.7. The van der Waals surface area contributed by atoms with E-state index in [-0.39, 0.29) is 5.54 Å². The van der Waals surface area contributed by atoms with E-state index in [1.165, 1.54) is 71.2 Å². The molecule has 2 aliphatic heterocycles.